The molecule has 0 aliphatic heterocycles. The van der Waals surface area contributed by atoms with E-state index in [4.69, 9.17) is 14.2 Å². The van der Waals surface area contributed by atoms with Crippen LogP contribution in [0.2, 0.25) is 0 Å². The highest BCUT2D eigenvalue weighted by atomic mass is 16.6. The van der Waals surface area contributed by atoms with Crippen LogP contribution >= 0.6 is 0 Å². The minimum Gasteiger partial charge on any atom is -0.462 e. The second kappa shape index (κ2) is 16.0. The van der Waals surface area contributed by atoms with E-state index in [9.17, 15) is 29.7 Å². The molecular weight excluding hydrogens is 684 g/mol. The quantitative estimate of drug-likeness (QED) is 0.0971. The smallest absolute Gasteiger partial charge is 0.330 e. The maximum Gasteiger partial charge on any atom is 0.330 e. The van der Waals surface area contributed by atoms with E-state index in [-0.39, 0.29) is 56.7 Å². The Bertz CT molecular complexity index is 1540. The number of esters is 3. The van der Waals surface area contributed by atoms with Crippen molar-refractivity contribution in [2.24, 2.45) is 50.2 Å². The number of ether oxygens (including phenoxy) is 3. The van der Waals surface area contributed by atoms with E-state index in [1.165, 1.54) is 23.8 Å². The van der Waals surface area contributed by atoms with Crippen LogP contribution in [0.1, 0.15) is 129 Å². The van der Waals surface area contributed by atoms with Gasteiger partial charge >= 0.3 is 17.9 Å². The molecule has 0 aromatic rings. The Balaban J connectivity index is 0.00000392. The van der Waals surface area contributed by atoms with Crippen LogP contribution in [-0.2, 0) is 28.6 Å². The van der Waals surface area contributed by atoms with Gasteiger partial charge in [-0.2, -0.15) is 0 Å². The van der Waals surface area contributed by atoms with Crippen LogP contribution in [0.3, 0.4) is 0 Å². The van der Waals surface area contributed by atoms with Crippen LogP contribution in [0.4, 0.5) is 0 Å². The lowest BCUT2D eigenvalue weighted by Gasteiger charge is -2.72. The SMILES string of the molecule is C.C.C/C=C/C(=O)OC[C@]1(C)C2CC[C@]3(C)C(CC=C4C5CC(C)(C)[C@@H](O)[C@H](O)[C@]5(COC(=O)C=C(C)C)[C@H](O)C[C@]43C)[C@@]2(C)CC[C@@H]1OC(=O)/C=C/C. The fourth-order valence-corrected chi connectivity index (χ4v) is 12.3. The Labute approximate surface area is 325 Å². The molecule has 0 saturated heterocycles. The molecular formula is C45H72O9. The van der Waals surface area contributed by atoms with Crippen molar-refractivity contribution >= 4 is 17.9 Å². The van der Waals surface area contributed by atoms with Gasteiger partial charge in [-0.1, -0.05) is 85.8 Å². The van der Waals surface area contributed by atoms with Crippen LogP contribution in [-0.4, -0.2) is 70.9 Å². The van der Waals surface area contributed by atoms with Crippen LogP contribution in [0, 0.1) is 50.2 Å². The second-order valence-corrected chi connectivity index (χ2v) is 18.7. The summed E-state index contributed by atoms with van der Waals surface area (Å²) < 4.78 is 17.8. The van der Waals surface area contributed by atoms with Gasteiger partial charge in [-0.05, 0) is 112 Å². The third kappa shape index (κ3) is 7.08. The van der Waals surface area contributed by atoms with E-state index >= 15 is 0 Å². The van der Waals surface area contributed by atoms with E-state index in [0.29, 0.717) is 19.3 Å². The van der Waals surface area contributed by atoms with Gasteiger partial charge in [0.2, 0.25) is 0 Å². The summed E-state index contributed by atoms with van der Waals surface area (Å²) in [4.78, 5) is 38.3. The van der Waals surface area contributed by atoms with Gasteiger partial charge in [0, 0.05) is 23.6 Å². The number of aliphatic hydroxyl groups is 3. The molecule has 0 aromatic carbocycles. The number of allylic oxidation sites excluding steroid dienone is 5. The van der Waals surface area contributed by atoms with Crippen molar-refractivity contribution in [3.63, 3.8) is 0 Å². The maximum absolute atomic E-state index is 12.8. The molecule has 54 heavy (non-hydrogen) atoms. The molecule has 9 nitrogen and oxygen atoms in total. The maximum atomic E-state index is 12.8. The summed E-state index contributed by atoms with van der Waals surface area (Å²) in [6, 6.07) is 0. The second-order valence-electron chi connectivity index (χ2n) is 18.7. The van der Waals surface area contributed by atoms with Gasteiger partial charge in [-0.3, -0.25) is 0 Å². The van der Waals surface area contributed by atoms with Gasteiger partial charge in [0.1, 0.15) is 19.3 Å². The minimum atomic E-state index is -1.30. The number of aliphatic hydroxyl groups excluding tert-OH is 3. The molecule has 5 aliphatic carbocycles. The van der Waals surface area contributed by atoms with Crippen molar-refractivity contribution in [3.8, 4) is 0 Å². The zero-order chi connectivity index (χ0) is 38.7. The third-order valence-corrected chi connectivity index (χ3v) is 15.1. The van der Waals surface area contributed by atoms with E-state index in [1.54, 1.807) is 26.0 Å². The lowest BCUT2D eigenvalue weighted by atomic mass is 9.33. The summed E-state index contributed by atoms with van der Waals surface area (Å²) in [5.41, 5.74) is -1.47. The van der Waals surface area contributed by atoms with Crippen molar-refractivity contribution in [2.45, 2.75) is 153 Å². The summed E-state index contributed by atoms with van der Waals surface area (Å²) in [6.45, 7) is 20.2. The van der Waals surface area contributed by atoms with Crippen LogP contribution in [0.5, 0.6) is 0 Å². The third-order valence-electron chi connectivity index (χ3n) is 15.1. The molecule has 4 saturated carbocycles. The summed E-state index contributed by atoms with van der Waals surface area (Å²) in [5, 5.41) is 35.8. The molecule has 306 valence electrons. The predicted octanol–water partition coefficient (Wildman–Crippen LogP) is 8.07. The van der Waals surface area contributed by atoms with Gasteiger partial charge in [-0.15, -0.1) is 0 Å². The summed E-state index contributed by atoms with van der Waals surface area (Å²) in [7, 11) is 0. The fourth-order valence-electron chi connectivity index (χ4n) is 12.3. The number of carbonyl (C=O) groups is 3. The highest BCUT2D eigenvalue weighted by Gasteiger charge is 2.73. The highest BCUT2D eigenvalue weighted by molar-refractivity contribution is 5.83. The molecule has 0 spiro atoms. The molecule has 0 aromatic heterocycles. The largest absolute Gasteiger partial charge is 0.462 e. The van der Waals surface area contributed by atoms with Crippen molar-refractivity contribution < 1.29 is 43.9 Å². The molecule has 9 heteroatoms. The Morgan fingerprint density at radius 1 is 0.796 bits per heavy atom. The van der Waals surface area contributed by atoms with Crippen molar-refractivity contribution in [3.05, 3.63) is 47.6 Å². The Morgan fingerprint density at radius 3 is 2.02 bits per heavy atom. The lowest BCUT2D eigenvalue weighted by molar-refractivity contribution is -0.261. The van der Waals surface area contributed by atoms with Crippen LogP contribution < -0.4 is 0 Å². The molecule has 0 bridgehead atoms. The van der Waals surface area contributed by atoms with Crippen LogP contribution in [0.25, 0.3) is 0 Å². The first kappa shape index (κ1) is 45.6. The average molecular weight is 757 g/mol. The number of fused-ring (bicyclic) bond motifs is 7. The number of hydrogen-bond donors (Lipinski definition) is 3. The molecule has 0 radical (unpaired) electrons. The van der Waals surface area contributed by atoms with E-state index in [1.807, 2.05) is 27.7 Å². The first-order valence-corrected chi connectivity index (χ1v) is 19.4. The molecule has 3 N–H and O–H groups in total. The van der Waals surface area contributed by atoms with Gasteiger partial charge < -0.3 is 29.5 Å². The topological polar surface area (TPSA) is 140 Å². The molecule has 4 fully saturated rings. The zero-order valence-corrected chi connectivity index (χ0v) is 33.2. The number of rotatable bonds is 8. The van der Waals surface area contributed by atoms with Gasteiger partial charge in [0.25, 0.3) is 0 Å². The standard InChI is InChI=1S/C43H64O9.2CH4/c1-11-13-33(45)50-24-40(8)29-17-20-41(9)30(39(29,7)19-18-32(40)52-34(46)14-12-2)16-15-27-28-22-38(5,6)36(48)37(49)43(28,31(44)23-42(27,41)10)25-51-35(47)21-26(3)4;;/h11-15,21,28-32,36-37,44,48-49H,16-20,22-25H2,1-10H3;2*1H4/b13-11+,14-12+;;/t28?,29?,30?,31-,32+,36+,37+,39+,40-,41-,42-,43+;;/m1../s1. The molecule has 5 rings (SSSR count). The normalized spacial score (nSPS) is 42.0. The summed E-state index contributed by atoms with van der Waals surface area (Å²) in [6.07, 6.45) is 10.9. The van der Waals surface area contributed by atoms with Gasteiger partial charge in [0.05, 0.1) is 23.7 Å². The Morgan fingerprint density at radius 2 is 1.41 bits per heavy atom. The summed E-state index contributed by atoms with van der Waals surface area (Å²) >= 11 is 0. The van der Waals surface area contributed by atoms with E-state index in [2.05, 4.69) is 33.8 Å². The molecule has 5 aliphatic rings. The molecule has 0 amide bonds. The first-order chi connectivity index (χ1) is 24.2. The fraction of sp³-hybridized carbons (Fsp3) is 0.756. The Kier molecular flexibility index (Phi) is 13.5. The minimum absolute atomic E-state index is 0. The predicted molar refractivity (Wildman–Crippen MR) is 212 cm³/mol. The molecule has 12 atom stereocenters. The van der Waals surface area contributed by atoms with Gasteiger partial charge in [-0.25, -0.2) is 14.4 Å². The first-order valence-electron chi connectivity index (χ1n) is 19.4. The molecule has 3 unspecified atom stereocenters. The van der Waals surface area contributed by atoms with E-state index in [0.717, 1.165) is 31.3 Å². The average Bonchev–Trinajstić information content (AvgIpc) is 3.04. The summed E-state index contributed by atoms with van der Waals surface area (Å²) in [5.74, 6) is -1.37. The van der Waals surface area contributed by atoms with Crippen LogP contribution in [0.15, 0.2) is 47.6 Å². The highest BCUT2D eigenvalue weighted by Crippen LogP contribution is 2.76. The number of hydrogen-bond acceptors (Lipinski definition) is 9. The monoisotopic (exact) mass is 757 g/mol. The van der Waals surface area contributed by atoms with Crippen molar-refractivity contribution in [2.75, 3.05) is 13.2 Å². The lowest BCUT2D eigenvalue weighted by Crippen LogP contribution is -2.72. The number of carbonyl (C=O) groups excluding carboxylic acids is 3. The zero-order valence-electron chi connectivity index (χ0n) is 33.2. The Hall–Kier alpha value is -2.75. The van der Waals surface area contributed by atoms with Crippen molar-refractivity contribution in [1.29, 1.82) is 0 Å². The van der Waals surface area contributed by atoms with E-state index < -0.39 is 64.0 Å². The molecule has 0 heterocycles. The van der Waals surface area contributed by atoms with Gasteiger partial charge in [0.15, 0.2) is 0 Å². The van der Waals surface area contributed by atoms with Crippen molar-refractivity contribution in [1.82, 2.24) is 0 Å².